The zero-order valence-electron chi connectivity index (χ0n) is 17.2. The number of rotatable bonds is 8. The van der Waals surface area contributed by atoms with Gasteiger partial charge < -0.3 is 20.7 Å². The summed E-state index contributed by atoms with van der Waals surface area (Å²) in [6.45, 7) is 5.70. The number of para-hydroxylation sites is 1. The lowest BCUT2D eigenvalue weighted by Crippen LogP contribution is -2.52. The molecule has 2 rings (SSSR count). The molecule has 1 heterocycles. The Morgan fingerprint density at radius 1 is 1.21 bits per heavy atom. The monoisotopic (exact) mass is 411 g/mol. The number of carbonyl (C=O) groups is 2. The van der Waals surface area contributed by atoms with E-state index in [0.717, 1.165) is 37.0 Å². The molecular weight excluding hydrogens is 378 g/mol. The summed E-state index contributed by atoms with van der Waals surface area (Å²) in [7, 11) is 1.62. The Labute approximate surface area is 174 Å². The topological polar surface area (TPSA) is 84.7 Å². The molecule has 1 saturated heterocycles. The molecule has 0 bridgehead atoms. The zero-order valence-corrected chi connectivity index (χ0v) is 18.0. The van der Waals surface area contributed by atoms with Crippen LogP contribution in [-0.2, 0) is 16.0 Å². The molecule has 1 aliphatic heterocycles. The number of amides is 2. The molecule has 1 aromatic rings. The molecular formula is C21H34ClN3O3. The number of nitrogens with two attached hydrogens (primary N) is 1. The molecule has 3 N–H and O–H groups in total. The Kier molecular flexibility index (Phi) is 9.76. The van der Waals surface area contributed by atoms with Gasteiger partial charge in [0.2, 0.25) is 11.8 Å². The van der Waals surface area contributed by atoms with Crippen LogP contribution in [0.15, 0.2) is 24.3 Å². The third-order valence-corrected chi connectivity index (χ3v) is 5.94. The molecule has 0 atom stereocenters. The Balaban J connectivity index is 0.00000392. The van der Waals surface area contributed by atoms with Crippen LogP contribution < -0.4 is 15.8 Å². The van der Waals surface area contributed by atoms with Gasteiger partial charge in [0.1, 0.15) is 5.75 Å². The second-order valence-corrected chi connectivity index (χ2v) is 7.31. The average Bonchev–Trinajstić information content (AvgIpc) is 2.70. The Morgan fingerprint density at radius 3 is 2.36 bits per heavy atom. The number of nitrogens with zero attached hydrogens (tertiary/aromatic N) is 1. The van der Waals surface area contributed by atoms with Crippen molar-refractivity contribution in [3.8, 4) is 5.75 Å². The molecule has 2 amide bonds. The molecule has 158 valence electrons. The highest BCUT2D eigenvalue weighted by molar-refractivity contribution is 5.85. The number of hydrogen-bond acceptors (Lipinski definition) is 4. The Morgan fingerprint density at radius 2 is 1.82 bits per heavy atom. The SMILES string of the molecule is CCC(CC)(CN)C(=O)NC1CCN(C(=O)Cc2ccccc2OC)CC1.Cl. The largest absolute Gasteiger partial charge is 0.496 e. The fourth-order valence-corrected chi connectivity index (χ4v) is 3.69. The number of hydrogen-bond donors (Lipinski definition) is 2. The van der Waals surface area contributed by atoms with E-state index in [9.17, 15) is 9.59 Å². The molecule has 0 unspecified atom stereocenters. The number of halogens is 1. The lowest BCUT2D eigenvalue weighted by Gasteiger charge is -2.36. The predicted octanol–water partition coefficient (Wildman–Crippen LogP) is 2.53. The first-order valence-electron chi connectivity index (χ1n) is 9.90. The van der Waals surface area contributed by atoms with Gasteiger partial charge in [-0.2, -0.15) is 0 Å². The van der Waals surface area contributed by atoms with Crippen molar-refractivity contribution in [3.05, 3.63) is 29.8 Å². The van der Waals surface area contributed by atoms with E-state index in [1.807, 2.05) is 43.0 Å². The highest BCUT2D eigenvalue weighted by atomic mass is 35.5. The van der Waals surface area contributed by atoms with Crippen LogP contribution in [0.25, 0.3) is 0 Å². The summed E-state index contributed by atoms with van der Waals surface area (Å²) in [5.41, 5.74) is 6.30. The Bertz CT molecular complexity index is 633. The Hall–Kier alpha value is -1.79. The van der Waals surface area contributed by atoms with Gasteiger partial charge in [-0.3, -0.25) is 9.59 Å². The number of likely N-dealkylation sites (tertiary alicyclic amines) is 1. The molecule has 6 nitrogen and oxygen atoms in total. The molecule has 0 radical (unpaired) electrons. The molecule has 0 saturated carbocycles. The summed E-state index contributed by atoms with van der Waals surface area (Å²) >= 11 is 0. The lowest BCUT2D eigenvalue weighted by atomic mass is 9.81. The second-order valence-electron chi connectivity index (χ2n) is 7.31. The van der Waals surface area contributed by atoms with Gasteiger partial charge in [0.15, 0.2) is 0 Å². The first kappa shape index (κ1) is 24.2. The van der Waals surface area contributed by atoms with Crippen molar-refractivity contribution in [2.45, 2.75) is 52.0 Å². The number of ether oxygens (including phenoxy) is 1. The van der Waals surface area contributed by atoms with Crippen LogP contribution in [0.3, 0.4) is 0 Å². The summed E-state index contributed by atoms with van der Waals surface area (Å²) in [5.74, 6) is 0.891. The lowest BCUT2D eigenvalue weighted by molar-refractivity contribution is -0.133. The smallest absolute Gasteiger partial charge is 0.227 e. The van der Waals surface area contributed by atoms with E-state index >= 15 is 0 Å². The predicted molar refractivity (Wildman–Crippen MR) is 114 cm³/mol. The van der Waals surface area contributed by atoms with E-state index < -0.39 is 5.41 Å². The quantitative estimate of drug-likeness (QED) is 0.688. The van der Waals surface area contributed by atoms with Crippen molar-refractivity contribution in [1.29, 1.82) is 0 Å². The maximum absolute atomic E-state index is 12.7. The third-order valence-electron chi connectivity index (χ3n) is 5.94. The standard InChI is InChI=1S/C21H33N3O3.ClH/c1-4-21(5-2,15-22)20(26)23-17-10-12-24(13-11-17)19(25)14-16-8-6-7-9-18(16)27-3;/h6-9,17H,4-5,10-15,22H2,1-3H3,(H,23,26);1H. The van der Waals surface area contributed by atoms with Gasteiger partial charge in [-0.25, -0.2) is 0 Å². The molecule has 0 spiro atoms. The van der Waals surface area contributed by atoms with Crippen LogP contribution in [0.5, 0.6) is 5.75 Å². The highest BCUT2D eigenvalue weighted by Gasteiger charge is 2.35. The fraction of sp³-hybridized carbons (Fsp3) is 0.619. The number of methoxy groups -OCH3 is 1. The normalized spacial score (nSPS) is 14.9. The minimum atomic E-state index is -0.475. The van der Waals surface area contributed by atoms with E-state index in [2.05, 4.69) is 5.32 Å². The summed E-state index contributed by atoms with van der Waals surface area (Å²) in [4.78, 5) is 27.2. The van der Waals surface area contributed by atoms with Gasteiger partial charge in [-0.15, -0.1) is 12.4 Å². The molecule has 1 aliphatic rings. The van der Waals surface area contributed by atoms with E-state index in [0.29, 0.717) is 26.1 Å². The van der Waals surface area contributed by atoms with E-state index in [-0.39, 0.29) is 30.3 Å². The first-order chi connectivity index (χ1) is 13.0. The minimum Gasteiger partial charge on any atom is -0.496 e. The van der Waals surface area contributed by atoms with Crippen molar-refractivity contribution in [2.75, 3.05) is 26.7 Å². The molecule has 1 aromatic carbocycles. The number of nitrogens with one attached hydrogen (secondary N) is 1. The zero-order chi connectivity index (χ0) is 19.9. The van der Waals surface area contributed by atoms with Gasteiger partial charge in [0, 0.05) is 31.2 Å². The highest BCUT2D eigenvalue weighted by Crippen LogP contribution is 2.26. The molecule has 28 heavy (non-hydrogen) atoms. The van der Waals surface area contributed by atoms with Crippen molar-refractivity contribution >= 4 is 24.2 Å². The van der Waals surface area contributed by atoms with Crippen molar-refractivity contribution in [2.24, 2.45) is 11.1 Å². The molecule has 0 aliphatic carbocycles. The van der Waals surface area contributed by atoms with Gasteiger partial charge in [-0.1, -0.05) is 32.0 Å². The van der Waals surface area contributed by atoms with Crippen LogP contribution in [0, 0.1) is 5.41 Å². The molecule has 1 fully saturated rings. The fourth-order valence-electron chi connectivity index (χ4n) is 3.69. The third kappa shape index (κ3) is 5.61. The van der Waals surface area contributed by atoms with E-state index in [4.69, 9.17) is 10.5 Å². The summed E-state index contributed by atoms with van der Waals surface area (Å²) in [6.07, 6.45) is 3.36. The second kappa shape index (κ2) is 11.3. The minimum absolute atomic E-state index is 0. The van der Waals surface area contributed by atoms with Crippen LogP contribution in [0.4, 0.5) is 0 Å². The van der Waals surface area contributed by atoms with Crippen molar-refractivity contribution < 1.29 is 14.3 Å². The van der Waals surface area contributed by atoms with Gasteiger partial charge in [-0.05, 0) is 31.7 Å². The van der Waals surface area contributed by atoms with Gasteiger partial charge in [0.05, 0.1) is 18.9 Å². The van der Waals surface area contributed by atoms with Crippen molar-refractivity contribution in [1.82, 2.24) is 10.2 Å². The van der Waals surface area contributed by atoms with Crippen LogP contribution in [-0.4, -0.2) is 49.5 Å². The summed E-state index contributed by atoms with van der Waals surface area (Å²) < 4.78 is 5.33. The van der Waals surface area contributed by atoms with Gasteiger partial charge in [0.25, 0.3) is 0 Å². The first-order valence-corrected chi connectivity index (χ1v) is 9.90. The molecule has 0 aromatic heterocycles. The summed E-state index contributed by atoms with van der Waals surface area (Å²) in [6, 6.07) is 7.71. The van der Waals surface area contributed by atoms with Crippen LogP contribution in [0.1, 0.15) is 45.1 Å². The maximum Gasteiger partial charge on any atom is 0.227 e. The maximum atomic E-state index is 12.7. The van der Waals surface area contributed by atoms with Crippen LogP contribution in [0.2, 0.25) is 0 Å². The number of carbonyl (C=O) groups excluding carboxylic acids is 2. The van der Waals surface area contributed by atoms with E-state index in [1.54, 1.807) is 7.11 Å². The summed E-state index contributed by atoms with van der Waals surface area (Å²) in [5, 5.41) is 3.16. The number of benzene rings is 1. The van der Waals surface area contributed by atoms with Crippen molar-refractivity contribution in [3.63, 3.8) is 0 Å². The van der Waals surface area contributed by atoms with Gasteiger partial charge >= 0.3 is 0 Å². The molecule has 7 heteroatoms. The average molecular weight is 412 g/mol. The number of piperidine rings is 1. The van der Waals surface area contributed by atoms with Crippen LogP contribution >= 0.6 is 12.4 Å². The van der Waals surface area contributed by atoms with E-state index in [1.165, 1.54) is 0 Å².